The van der Waals surface area contributed by atoms with E-state index in [1.165, 1.54) is 29.5 Å². The van der Waals surface area contributed by atoms with Crippen LogP contribution in [0.5, 0.6) is 0 Å². The number of aromatic nitrogens is 1. The van der Waals surface area contributed by atoms with Crippen molar-refractivity contribution >= 4 is 37.5 Å². The van der Waals surface area contributed by atoms with E-state index in [2.05, 4.69) is 50.3 Å². The van der Waals surface area contributed by atoms with Crippen molar-refractivity contribution in [3.63, 3.8) is 0 Å². The summed E-state index contributed by atoms with van der Waals surface area (Å²) in [6.07, 6.45) is 3.86. The summed E-state index contributed by atoms with van der Waals surface area (Å²) in [4.78, 5) is 0. The number of rotatable bonds is 5. The van der Waals surface area contributed by atoms with E-state index < -0.39 is 0 Å². The molecule has 0 aliphatic heterocycles. The fourth-order valence-corrected chi connectivity index (χ4v) is 3.02. The number of thiazole rings is 1. The lowest BCUT2D eigenvalue weighted by atomic mass is 10.2. The molecule has 2 aromatic rings. The molecule has 0 bridgehead atoms. The third-order valence-electron chi connectivity index (χ3n) is 2.51. The SMILES string of the molecule is BrCCCCC[n+]1csc2ccccc21.[I-]. The molecule has 0 saturated heterocycles. The molecular formula is C12H15BrINS. The van der Waals surface area contributed by atoms with Gasteiger partial charge in [0.15, 0.2) is 0 Å². The first-order valence-corrected chi connectivity index (χ1v) is 7.33. The lowest BCUT2D eigenvalue weighted by molar-refractivity contribution is -0.667. The van der Waals surface area contributed by atoms with E-state index in [1.807, 2.05) is 11.3 Å². The molecule has 0 aliphatic carbocycles. The normalized spacial score (nSPS) is 10.3. The average Bonchev–Trinajstić information content (AvgIpc) is 2.68. The Labute approximate surface area is 126 Å². The summed E-state index contributed by atoms with van der Waals surface area (Å²) in [5, 5.41) is 1.13. The first-order chi connectivity index (χ1) is 7.42. The number of nitrogens with zero attached hydrogens (tertiary/aromatic N) is 1. The van der Waals surface area contributed by atoms with Crippen LogP contribution in [0.4, 0.5) is 0 Å². The molecule has 0 N–H and O–H groups in total. The zero-order valence-corrected chi connectivity index (χ0v) is 13.6. The van der Waals surface area contributed by atoms with Crippen molar-refractivity contribution in [1.29, 1.82) is 0 Å². The topological polar surface area (TPSA) is 3.88 Å². The Hall–Kier alpha value is 0.320. The number of unbranched alkanes of at least 4 members (excludes halogenated alkanes) is 2. The first kappa shape index (κ1) is 14.4. The van der Waals surface area contributed by atoms with Gasteiger partial charge >= 0.3 is 0 Å². The molecule has 1 heterocycles. The summed E-state index contributed by atoms with van der Waals surface area (Å²) in [5.74, 6) is 0. The van der Waals surface area contributed by atoms with Crippen molar-refractivity contribution in [2.75, 3.05) is 5.33 Å². The molecule has 1 aromatic heterocycles. The second-order valence-electron chi connectivity index (χ2n) is 3.63. The molecule has 4 heteroatoms. The maximum atomic E-state index is 3.46. The maximum absolute atomic E-state index is 3.46. The monoisotopic (exact) mass is 411 g/mol. The summed E-state index contributed by atoms with van der Waals surface area (Å²) in [6, 6.07) is 8.61. The smallest absolute Gasteiger partial charge is 0.225 e. The van der Waals surface area contributed by atoms with Gasteiger partial charge in [0.2, 0.25) is 11.0 Å². The number of benzene rings is 1. The molecular weight excluding hydrogens is 397 g/mol. The molecule has 0 aliphatic rings. The van der Waals surface area contributed by atoms with Crippen LogP contribution in [0, 0.1) is 0 Å². The predicted molar refractivity (Wildman–Crippen MR) is 69.7 cm³/mol. The van der Waals surface area contributed by atoms with Gasteiger partial charge < -0.3 is 24.0 Å². The number of alkyl halides is 1. The Balaban J connectivity index is 0.00000128. The standard InChI is InChI=1S/C12H15BrNS.HI/c13-8-4-1-5-9-14-10-15-12-7-3-2-6-11(12)14;/h2-3,6-7,10H,1,4-5,8-9H2;1H/q+1;/p-1. The van der Waals surface area contributed by atoms with Gasteiger partial charge in [-0.05, 0) is 18.9 Å². The summed E-state index contributed by atoms with van der Waals surface area (Å²) in [7, 11) is 0. The zero-order valence-electron chi connectivity index (χ0n) is 9.03. The van der Waals surface area contributed by atoms with Gasteiger partial charge in [-0.3, -0.25) is 0 Å². The van der Waals surface area contributed by atoms with Crippen LogP contribution < -0.4 is 28.5 Å². The quantitative estimate of drug-likeness (QED) is 0.296. The van der Waals surface area contributed by atoms with Crippen LogP contribution in [-0.2, 0) is 6.54 Å². The largest absolute Gasteiger partial charge is 1.00 e. The second kappa shape index (κ2) is 7.61. The number of halogens is 2. The Morgan fingerprint density at radius 2 is 1.94 bits per heavy atom. The summed E-state index contributed by atoms with van der Waals surface area (Å²) in [5.41, 5.74) is 3.61. The van der Waals surface area contributed by atoms with Crippen LogP contribution in [0.15, 0.2) is 29.8 Å². The van der Waals surface area contributed by atoms with Crippen molar-refractivity contribution in [3.8, 4) is 0 Å². The number of fused-ring (bicyclic) bond motifs is 1. The van der Waals surface area contributed by atoms with Crippen LogP contribution in [-0.4, -0.2) is 5.33 Å². The number of aryl methyl sites for hydroxylation is 1. The molecule has 1 aromatic carbocycles. The highest BCUT2D eigenvalue weighted by atomic mass is 127. The highest BCUT2D eigenvalue weighted by molar-refractivity contribution is 9.09. The van der Waals surface area contributed by atoms with E-state index in [0.29, 0.717) is 0 Å². The lowest BCUT2D eigenvalue weighted by Gasteiger charge is -1.94. The van der Waals surface area contributed by atoms with Gasteiger partial charge in [-0.15, -0.1) is 0 Å². The molecule has 88 valence electrons. The van der Waals surface area contributed by atoms with Crippen LogP contribution in [0.1, 0.15) is 19.3 Å². The minimum Gasteiger partial charge on any atom is -1.00 e. The number of para-hydroxylation sites is 1. The van der Waals surface area contributed by atoms with E-state index in [1.54, 1.807) is 0 Å². The summed E-state index contributed by atoms with van der Waals surface area (Å²) >= 11 is 5.29. The van der Waals surface area contributed by atoms with Crippen LogP contribution in [0.25, 0.3) is 10.2 Å². The number of hydrogen-bond acceptors (Lipinski definition) is 1. The van der Waals surface area contributed by atoms with Gasteiger partial charge in [-0.1, -0.05) is 39.4 Å². The number of hydrogen-bond donors (Lipinski definition) is 0. The van der Waals surface area contributed by atoms with Crippen molar-refractivity contribution in [3.05, 3.63) is 29.8 Å². The molecule has 0 saturated carbocycles. The fraction of sp³-hybridized carbons (Fsp3) is 0.417. The predicted octanol–water partition coefficient (Wildman–Crippen LogP) is 0.758. The Morgan fingerprint density at radius 1 is 1.12 bits per heavy atom. The van der Waals surface area contributed by atoms with E-state index in [9.17, 15) is 0 Å². The van der Waals surface area contributed by atoms with Gasteiger partial charge in [-0.2, -0.15) is 4.57 Å². The van der Waals surface area contributed by atoms with E-state index in [0.717, 1.165) is 11.9 Å². The molecule has 0 unspecified atom stereocenters. The fourth-order valence-electron chi connectivity index (χ4n) is 1.70. The maximum Gasteiger partial charge on any atom is 0.225 e. The van der Waals surface area contributed by atoms with E-state index in [4.69, 9.17) is 0 Å². The van der Waals surface area contributed by atoms with Crippen molar-refractivity contribution in [2.45, 2.75) is 25.8 Å². The second-order valence-corrected chi connectivity index (χ2v) is 5.31. The molecule has 1 nitrogen and oxygen atoms in total. The molecule has 0 fully saturated rings. The third kappa shape index (κ3) is 3.67. The summed E-state index contributed by atoms with van der Waals surface area (Å²) < 4.78 is 3.76. The van der Waals surface area contributed by atoms with Crippen LogP contribution in [0.2, 0.25) is 0 Å². The first-order valence-electron chi connectivity index (χ1n) is 5.33. The third-order valence-corrected chi connectivity index (χ3v) is 4.03. The van der Waals surface area contributed by atoms with Crippen molar-refractivity contribution in [2.24, 2.45) is 0 Å². The van der Waals surface area contributed by atoms with Gasteiger partial charge in [0.25, 0.3) is 0 Å². The molecule has 0 atom stereocenters. The molecule has 0 amide bonds. The van der Waals surface area contributed by atoms with Gasteiger partial charge in [-0.25, -0.2) is 0 Å². The molecule has 16 heavy (non-hydrogen) atoms. The van der Waals surface area contributed by atoms with Gasteiger partial charge in [0.05, 0.1) is 0 Å². The Kier molecular flexibility index (Phi) is 6.84. The average molecular weight is 412 g/mol. The minimum atomic E-state index is 0. The van der Waals surface area contributed by atoms with Gasteiger partial charge in [0.1, 0.15) is 11.2 Å². The molecule has 0 radical (unpaired) electrons. The molecule has 2 rings (SSSR count). The van der Waals surface area contributed by atoms with Crippen LogP contribution in [0.3, 0.4) is 0 Å². The molecule has 0 spiro atoms. The lowest BCUT2D eigenvalue weighted by Crippen LogP contribution is -3.00. The van der Waals surface area contributed by atoms with Crippen molar-refractivity contribution in [1.82, 2.24) is 0 Å². The highest BCUT2D eigenvalue weighted by Gasteiger charge is 2.09. The zero-order chi connectivity index (χ0) is 10.5. The summed E-state index contributed by atoms with van der Waals surface area (Å²) in [6.45, 7) is 1.15. The van der Waals surface area contributed by atoms with E-state index in [-0.39, 0.29) is 24.0 Å². The minimum absolute atomic E-state index is 0. The van der Waals surface area contributed by atoms with Crippen molar-refractivity contribution < 1.29 is 28.5 Å². The van der Waals surface area contributed by atoms with Crippen LogP contribution >= 0.6 is 27.3 Å². The Morgan fingerprint density at radius 3 is 2.75 bits per heavy atom. The Bertz CT molecular complexity index is 430. The van der Waals surface area contributed by atoms with E-state index >= 15 is 0 Å². The highest BCUT2D eigenvalue weighted by Crippen LogP contribution is 2.15. The van der Waals surface area contributed by atoms with Gasteiger partial charge in [0, 0.05) is 17.8 Å².